The van der Waals surface area contributed by atoms with E-state index in [0.717, 1.165) is 18.7 Å². The fourth-order valence-electron chi connectivity index (χ4n) is 5.60. The first-order chi connectivity index (χ1) is 23.1. The topological polar surface area (TPSA) is 168 Å². The average Bonchev–Trinajstić information content (AvgIpc) is 3.66. The fourth-order valence-corrected chi connectivity index (χ4v) is 5.60. The van der Waals surface area contributed by atoms with Gasteiger partial charge < -0.3 is 29.9 Å². The van der Waals surface area contributed by atoms with Crippen molar-refractivity contribution in [2.24, 2.45) is 5.92 Å². The number of rotatable bonds is 16. The summed E-state index contributed by atoms with van der Waals surface area (Å²) in [5.74, 6) is -1.24. The van der Waals surface area contributed by atoms with Crippen molar-refractivity contribution in [1.82, 2.24) is 31.0 Å². The number of benzene rings is 1. The number of nitrogens with one attached hydrogen (secondary N) is 3. The van der Waals surface area contributed by atoms with Crippen LogP contribution in [-0.2, 0) is 43.2 Å². The quantitative estimate of drug-likeness (QED) is 0.193. The third-order valence-corrected chi connectivity index (χ3v) is 8.41. The molecular weight excluding hydrogens is 616 g/mol. The van der Waals surface area contributed by atoms with Crippen LogP contribution in [0.5, 0.6) is 0 Å². The maximum Gasteiger partial charge on any atom is 0.274 e. The van der Waals surface area contributed by atoms with Crippen molar-refractivity contribution in [2.45, 2.75) is 70.3 Å². The number of nitrogens with zero attached hydrogens (tertiary/aromatic N) is 3. The molecule has 0 aliphatic carbocycles. The van der Waals surface area contributed by atoms with Gasteiger partial charge in [-0.15, -0.1) is 0 Å². The summed E-state index contributed by atoms with van der Waals surface area (Å²) in [6.45, 7) is 9.16. The number of hydrogen-bond donors (Lipinski definition) is 3. The van der Waals surface area contributed by atoms with E-state index >= 15 is 0 Å². The van der Waals surface area contributed by atoms with Crippen molar-refractivity contribution >= 4 is 23.5 Å². The maximum atomic E-state index is 14.0. The molecule has 0 radical (unpaired) electrons. The van der Waals surface area contributed by atoms with E-state index in [0.29, 0.717) is 44.1 Å². The summed E-state index contributed by atoms with van der Waals surface area (Å²) in [6.07, 6.45) is 3.91. The minimum absolute atomic E-state index is 0.0339. The highest BCUT2D eigenvalue weighted by Gasteiger charge is 2.50. The average molecular weight is 661 g/mol. The molecule has 48 heavy (non-hydrogen) atoms. The molecule has 3 aromatic rings. The zero-order valence-electron chi connectivity index (χ0n) is 27.6. The largest absolute Gasteiger partial charge is 0.379 e. The van der Waals surface area contributed by atoms with Gasteiger partial charge in [-0.3, -0.25) is 29.1 Å². The number of carbonyl (C=O) groups excluding carboxylic acids is 4. The van der Waals surface area contributed by atoms with E-state index < -0.39 is 41.4 Å². The van der Waals surface area contributed by atoms with E-state index in [-0.39, 0.29) is 30.2 Å². The van der Waals surface area contributed by atoms with Gasteiger partial charge in [0, 0.05) is 44.4 Å². The zero-order valence-corrected chi connectivity index (χ0v) is 27.6. The predicted octanol–water partition coefficient (Wildman–Crippen LogP) is 1.86. The van der Waals surface area contributed by atoms with Crippen molar-refractivity contribution in [2.75, 3.05) is 32.9 Å². The van der Waals surface area contributed by atoms with Gasteiger partial charge in [0.15, 0.2) is 17.2 Å². The van der Waals surface area contributed by atoms with E-state index in [9.17, 15) is 19.2 Å². The first-order valence-electron chi connectivity index (χ1n) is 16.4. The minimum atomic E-state index is -1.08. The summed E-state index contributed by atoms with van der Waals surface area (Å²) < 4.78 is 16.2. The number of carbonyl (C=O) groups is 4. The number of ether oxygens (including phenoxy) is 2. The Bertz CT molecular complexity index is 1540. The molecule has 0 bridgehead atoms. The van der Waals surface area contributed by atoms with Crippen LogP contribution < -0.4 is 16.0 Å². The highest BCUT2D eigenvalue weighted by molar-refractivity contribution is 5.99. The number of hydrogen-bond acceptors (Lipinski definition) is 10. The van der Waals surface area contributed by atoms with Crippen LogP contribution in [-0.4, -0.2) is 95.2 Å². The van der Waals surface area contributed by atoms with Gasteiger partial charge in [0.2, 0.25) is 11.8 Å². The number of morpholine rings is 1. The van der Waals surface area contributed by atoms with Crippen LogP contribution in [0.3, 0.4) is 0 Å². The molecule has 2 saturated heterocycles. The van der Waals surface area contributed by atoms with Crippen molar-refractivity contribution in [1.29, 1.82) is 0 Å². The van der Waals surface area contributed by atoms with Crippen LogP contribution in [0.15, 0.2) is 65.4 Å². The number of pyridine rings is 1. The lowest BCUT2D eigenvalue weighted by Crippen LogP contribution is -2.57. The van der Waals surface area contributed by atoms with Crippen LogP contribution in [0.4, 0.5) is 0 Å². The minimum Gasteiger partial charge on any atom is -0.379 e. The van der Waals surface area contributed by atoms with Crippen molar-refractivity contribution in [3.8, 4) is 0 Å². The van der Waals surface area contributed by atoms with E-state index in [1.807, 2.05) is 44.2 Å². The molecule has 13 nitrogen and oxygen atoms in total. The van der Waals surface area contributed by atoms with Crippen molar-refractivity contribution in [3.63, 3.8) is 0 Å². The predicted molar refractivity (Wildman–Crippen MR) is 175 cm³/mol. The monoisotopic (exact) mass is 660 g/mol. The molecular formula is C35H44N6O7. The Hall–Kier alpha value is -4.46. The van der Waals surface area contributed by atoms with Gasteiger partial charge in [0.1, 0.15) is 17.7 Å². The Morgan fingerprint density at radius 2 is 1.54 bits per heavy atom. The lowest BCUT2D eigenvalue weighted by Gasteiger charge is -2.26. The Morgan fingerprint density at radius 3 is 2.19 bits per heavy atom. The van der Waals surface area contributed by atoms with Crippen LogP contribution in [0.1, 0.15) is 54.6 Å². The number of epoxide rings is 1. The molecule has 5 rings (SSSR count). The van der Waals surface area contributed by atoms with Crippen LogP contribution in [0.2, 0.25) is 0 Å². The Labute approximate surface area is 280 Å². The van der Waals surface area contributed by atoms with Crippen molar-refractivity contribution in [3.05, 3.63) is 83.5 Å². The number of aromatic nitrogens is 2. The van der Waals surface area contributed by atoms with Gasteiger partial charge >= 0.3 is 0 Å². The standard InChI is InChI=1S/C35H44N6O7/c1-23(2)16-27(31(42)35(3)22-47-35)37-32(43)28(17-24-8-5-4-6-9-24)38-33(44)29(18-25-10-7-11-36-20-25)39-34(45)30-19-26(48-40-30)21-41-12-14-46-15-13-41/h4-11,19-20,23,27-29H,12-18,21-22H2,1-3H3,(H,37,43)(H,38,44)(H,39,45)/t27?,28-,29?,35+/m0/s1. The summed E-state index contributed by atoms with van der Waals surface area (Å²) in [4.78, 5) is 60.8. The second kappa shape index (κ2) is 16.1. The van der Waals surface area contributed by atoms with E-state index in [1.165, 1.54) is 0 Å². The fraction of sp³-hybridized carbons (Fsp3) is 0.486. The molecule has 2 aliphatic heterocycles. The lowest BCUT2D eigenvalue weighted by molar-refractivity contribution is -0.133. The molecule has 2 unspecified atom stereocenters. The summed E-state index contributed by atoms with van der Waals surface area (Å²) in [7, 11) is 0. The third kappa shape index (κ3) is 9.78. The molecule has 1 aromatic carbocycles. The first kappa shape index (κ1) is 34.9. The maximum absolute atomic E-state index is 14.0. The summed E-state index contributed by atoms with van der Waals surface area (Å²) in [5.41, 5.74) is 0.625. The Morgan fingerprint density at radius 1 is 0.896 bits per heavy atom. The number of ketones is 1. The van der Waals surface area contributed by atoms with Crippen LogP contribution in [0.25, 0.3) is 0 Å². The molecule has 2 aliphatic rings. The molecule has 4 heterocycles. The summed E-state index contributed by atoms with van der Waals surface area (Å²) >= 11 is 0. The SMILES string of the molecule is CC(C)CC(NC(=O)[C@H](Cc1ccccc1)NC(=O)C(Cc1cccnc1)NC(=O)c1cc(CN2CCOCC2)on1)C(=O)[C@@]1(C)CO1. The Balaban J connectivity index is 1.33. The van der Waals surface area contributed by atoms with Gasteiger partial charge in [-0.25, -0.2) is 0 Å². The van der Waals surface area contributed by atoms with Gasteiger partial charge in [-0.1, -0.05) is 55.4 Å². The van der Waals surface area contributed by atoms with Crippen LogP contribution >= 0.6 is 0 Å². The van der Waals surface area contributed by atoms with Gasteiger partial charge in [0.25, 0.3) is 5.91 Å². The molecule has 2 aromatic heterocycles. The van der Waals surface area contributed by atoms with Crippen LogP contribution in [0, 0.1) is 5.92 Å². The van der Waals surface area contributed by atoms with E-state index in [4.69, 9.17) is 14.0 Å². The van der Waals surface area contributed by atoms with Gasteiger partial charge in [-0.2, -0.15) is 0 Å². The highest BCUT2D eigenvalue weighted by atomic mass is 16.6. The van der Waals surface area contributed by atoms with Gasteiger partial charge in [-0.05, 0) is 36.5 Å². The summed E-state index contributed by atoms with van der Waals surface area (Å²) in [5, 5.41) is 12.5. The molecule has 13 heteroatoms. The lowest BCUT2D eigenvalue weighted by atomic mass is 9.93. The second-order valence-corrected chi connectivity index (χ2v) is 13.0. The molecule has 3 N–H and O–H groups in total. The van der Waals surface area contributed by atoms with Gasteiger partial charge in [0.05, 0.1) is 32.4 Å². The number of Topliss-reactive ketones (excluding diaryl/α,β-unsaturated/α-hetero) is 1. The zero-order chi connectivity index (χ0) is 34.1. The van der Waals surface area contributed by atoms with E-state index in [1.54, 1.807) is 37.5 Å². The first-order valence-corrected chi connectivity index (χ1v) is 16.4. The number of amides is 3. The Kier molecular flexibility index (Phi) is 11.7. The van der Waals surface area contributed by atoms with Crippen molar-refractivity contribution < 1.29 is 33.2 Å². The second-order valence-electron chi connectivity index (χ2n) is 13.0. The summed E-state index contributed by atoms with van der Waals surface area (Å²) in [6, 6.07) is 11.5. The molecule has 0 spiro atoms. The molecule has 2 fully saturated rings. The smallest absolute Gasteiger partial charge is 0.274 e. The highest BCUT2D eigenvalue weighted by Crippen LogP contribution is 2.29. The molecule has 256 valence electrons. The third-order valence-electron chi connectivity index (χ3n) is 8.41. The normalized spacial score (nSPS) is 19.6. The molecule has 3 amide bonds. The molecule has 4 atom stereocenters. The van der Waals surface area contributed by atoms with E-state index in [2.05, 4.69) is 31.0 Å². The molecule has 0 saturated carbocycles.